The van der Waals surface area contributed by atoms with Crippen molar-refractivity contribution in [3.05, 3.63) is 64.0 Å². The number of anilines is 1. The molecule has 0 aliphatic carbocycles. The molecule has 1 aliphatic heterocycles. The Kier molecular flexibility index (Phi) is 4.73. The standard InChI is InChI=1S/C19H17Cl2N5/c20-15-2-4-19-23-16(13-26(19)11-15)12-24-5-7-25(8-6-24)17-3-1-14(10-22)18(21)9-17/h1-4,9,11,13H,5-8,12H2. The van der Waals surface area contributed by atoms with Gasteiger partial charge in [-0.15, -0.1) is 0 Å². The van der Waals surface area contributed by atoms with Gasteiger partial charge < -0.3 is 9.30 Å². The lowest BCUT2D eigenvalue weighted by Crippen LogP contribution is -2.46. The first kappa shape index (κ1) is 17.2. The van der Waals surface area contributed by atoms with E-state index in [0.717, 1.165) is 49.8 Å². The number of aromatic nitrogens is 2. The summed E-state index contributed by atoms with van der Waals surface area (Å²) in [5, 5.41) is 10.2. The van der Waals surface area contributed by atoms with Crippen molar-refractivity contribution in [2.24, 2.45) is 0 Å². The van der Waals surface area contributed by atoms with Crippen LogP contribution in [-0.2, 0) is 6.54 Å². The van der Waals surface area contributed by atoms with Crippen molar-refractivity contribution in [1.82, 2.24) is 14.3 Å². The minimum Gasteiger partial charge on any atom is -0.369 e. The lowest BCUT2D eigenvalue weighted by Gasteiger charge is -2.35. The number of halogens is 2. The molecule has 3 heterocycles. The van der Waals surface area contributed by atoms with Crippen molar-refractivity contribution >= 4 is 34.5 Å². The highest BCUT2D eigenvalue weighted by molar-refractivity contribution is 6.32. The Morgan fingerprint density at radius 2 is 1.85 bits per heavy atom. The predicted octanol–water partition coefficient (Wildman–Crippen LogP) is 3.83. The monoisotopic (exact) mass is 385 g/mol. The van der Waals surface area contributed by atoms with E-state index in [1.54, 1.807) is 6.07 Å². The van der Waals surface area contributed by atoms with Crippen molar-refractivity contribution in [2.75, 3.05) is 31.1 Å². The van der Waals surface area contributed by atoms with E-state index < -0.39 is 0 Å². The molecule has 2 aromatic heterocycles. The van der Waals surface area contributed by atoms with Crippen LogP contribution in [0.5, 0.6) is 0 Å². The van der Waals surface area contributed by atoms with Crippen LogP contribution in [0.4, 0.5) is 5.69 Å². The Morgan fingerprint density at radius 3 is 2.58 bits per heavy atom. The molecule has 3 aromatic rings. The molecule has 26 heavy (non-hydrogen) atoms. The second kappa shape index (κ2) is 7.16. The van der Waals surface area contributed by atoms with Crippen LogP contribution in [0.2, 0.25) is 10.0 Å². The quantitative estimate of drug-likeness (QED) is 0.687. The number of fused-ring (bicyclic) bond motifs is 1. The summed E-state index contributed by atoms with van der Waals surface area (Å²) >= 11 is 12.2. The number of benzene rings is 1. The average Bonchev–Trinajstić information content (AvgIpc) is 3.03. The third-order valence-corrected chi connectivity index (χ3v) is 5.20. The molecule has 4 rings (SSSR count). The largest absolute Gasteiger partial charge is 0.369 e. The number of hydrogen-bond donors (Lipinski definition) is 0. The van der Waals surface area contributed by atoms with Crippen LogP contribution in [-0.4, -0.2) is 40.5 Å². The highest BCUT2D eigenvalue weighted by atomic mass is 35.5. The summed E-state index contributed by atoms with van der Waals surface area (Å²) in [6.45, 7) is 4.56. The van der Waals surface area contributed by atoms with Crippen molar-refractivity contribution in [3.8, 4) is 6.07 Å². The molecule has 1 fully saturated rings. The maximum atomic E-state index is 8.99. The molecular weight excluding hydrogens is 369 g/mol. The summed E-state index contributed by atoms with van der Waals surface area (Å²) in [6, 6.07) is 11.5. The first-order chi connectivity index (χ1) is 12.6. The van der Waals surface area contributed by atoms with Gasteiger partial charge in [0.1, 0.15) is 11.7 Å². The molecule has 7 heteroatoms. The summed E-state index contributed by atoms with van der Waals surface area (Å²) in [6.07, 6.45) is 3.91. The van der Waals surface area contributed by atoms with E-state index in [1.807, 2.05) is 41.1 Å². The predicted molar refractivity (Wildman–Crippen MR) is 104 cm³/mol. The third kappa shape index (κ3) is 3.49. The van der Waals surface area contributed by atoms with E-state index in [9.17, 15) is 0 Å². The minimum atomic E-state index is 0.510. The van der Waals surface area contributed by atoms with Crippen molar-refractivity contribution in [2.45, 2.75) is 6.54 Å². The van der Waals surface area contributed by atoms with E-state index in [0.29, 0.717) is 15.6 Å². The van der Waals surface area contributed by atoms with Crippen molar-refractivity contribution in [1.29, 1.82) is 5.26 Å². The van der Waals surface area contributed by atoms with Gasteiger partial charge in [0.05, 0.1) is 21.3 Å². The first-order valence-electron chi connectivity index (χ1n) is 8.42. The lowest BCUT2D eigenvalue weighted by atomic mass is 10.2. The summed E-state index contributed by atoms with van der Waals surface area (Å²) < 4.78 is 1.96. The fourth-order valence-electron chi connectivity index (χ4n) is 3.28. The molecule has 0 N–H and O–H groups in total. The van der Waals surface area contributed by atoms with E-state index in [4.69, 9.17) is 28.5 Å². The summed E-state index contributed by atoms with van der Waals surface area (Å²) in [4.78, 5) is 9.35. The number of rotatable bonds is 3. The van der Waals surface area contributed by atoms with Gasteiger partial charge in [0.15, 0.2) is 0 Å². The molecule has 0 radical (unpaired) electrons. The zero-order chi connectivity index (χ0) is 18.1. The van der Waals surface area contributed by atoms with Gasteiger partial charge in [-0.3, -0.25) is 4.90 Å². The molecule has 0 atom stereocenters. The molecular formula is C19H17Cl2N5. The SMILES string of the molecule is N#Cc1ccc(N2CCN(Cc3cn4cc(Cl)ccc4n3)CC2)cc1Cl. The van der Waals surface area contributed by atoms with E-state index in [2.05, 4.69) is 20.9 Å². The number of pyridine rings is 1. The second-order valence-corrected chi connectivity index (χ2v) is 7.23. The highest BCUT2D eigenvalue weighted by Gasteiger charge is 2.19. The van der Waals surface area contributed by atoms with Gasteiger partial charge in [0.2, 0.25) is 0 Å². The van der Waals surface area contributed by atoms with Crippen LogP contribution in [0.1, 0.15) is 11.3 Å². The zero-order valence-corrected chi connectivity index (χ0v) is 15.6. The topological polar surface area (TPSA) is 47.6 Å². The molecule has 0 saturated carbocycles. The van der Waals surface area contributed by atoms with Crippen LogP contribution in [0.3, 0.4) is 0 Å². The fourth-order valence-corrected chi connectivity index (χ4v) is 3.66. The Hall–Kier alpha value is -2.26. The smallest absolute Gasteiger partial charge is 0.137 e. The minimum absolute atomic E-state index is 0.510. The van der Waals surface area contributed by atoms with E-state index >= 15 is 0 Å². The third-order valence-electron chi connectivity index (χ3n) is 4.66. The van der Waals surface area contributed by atoms with E-state index in [-0.39, 0.29) is 0 Å². The molecule has 0 unspecified atom stereocenters. The maximum Gasteiger partial charge on any atom is 0.137 e. The summed E-state index contributed by atoms with van der Waals surface area (Å²) in [5.41, 5.74) is 3.54. The molecule has 0 bridgehead atoms. The fraction of sp³-hybridized carbons (Fsp3) is 0.263. The Morgan fingerprint density at radius 1 is 1.04 bits per heavy atom. The number of hydrogen-bond acceptors (Lipinski definition) is 4. The number of piperazine rings is 1. The Labute approximate surface area is 162 Å². The highest BCUT2D eigenvalue weighted by Crippen LogP contribution is 2.24. The molecule has 5 nitrogen and oxygen atoms in total. The Balaban J connectivity index is 1.40. The van der Waals surface area contributed by atoms with Gasteiger partial charge in [0, 0.05) is 50.8 Å². The second-order valence-electron chi connectivity index (χ2n) is 6.38. The summed E-state index contributed by atoms with van der Waals surface area (Å²) in [7, 11) is 0. The van der Waals surface area contributed by atoms with Crippen LogP contribution >= 0.6 is 23.2 Å². The molecule has 1 saturated heterocycles. The van der Waals surface area contributed by atoms with Gasteiger partial charge >= 0.3 is 0 Å². The molecule has 1 aromatic carbocycles. The van der Waals surface area contributed by atoms with Crippen LogP contribution in [0.25, 0.3) is 5.65 Å². The van der Waals surface area contributed by atoms with Gasteiger partial charge in [-0.1, -0.05) is 23.2 Å². The normalized spacial score (nSPS) is 15.3. The van der Waals surface area contributed by atoms with Crippen molar-refractivity contribution < 1.29 is 0 Å². The summed E-state index contributed by atoms with van der Waals surface area (Å²) in [5.74, 6) is 0. The number of nitriles is 1. The van der Waals surface area contributed by atoms with Gasteiger partial charge in [-0.25, -0.2) is 4.98 Å². The van der Waals surface area contributed by atoms with Crippen LogP contribution < -0.4 is 4.90 Å². The molecule has 0 spiro atoms. The van der Waals surface area contributed by atoms with E-state index in [1.165, 1.54) is 0 Å². The zero-order valence-electron chi connectivity index (χ0n) is 14.1. The van der Waals surface area contributed by atoms with Crippen molar-refractivity contribution in [3.63, 3.8) is 0 Å². The number of nitrogens with zero attached hydrogens (tertiary/aromatic N) is 5. The molecule has 0 amide bonds. The van der Waals surface area contributed by atoms with Gasteiger partial charge in [-0.05, 0) is 30.3 Å². The van der Waals surface area contributed by atoms with Gasteiger partial charge in [0.25, 0.3) is 0 Å². The molecule has 132 valence electrons. The average molecular weight is 386 g/mol. The number of imidazole rings is 1. The van der Waals surface area contributed by atoms with Gasteiger partial charge in [-0.2, -0.15) is 5.26 Å². The van der Waals surface area contributed by atoms with Crippen LogP contribution in [0.15, 0.2) is 42.7 Å². The van der Waals surface area contributed by atoms with Crippen LogP contribution in [0, 0.1) is 11.3 Å². The lowest BCUT2D eigenvalue weighted by molar-refractivity contribution is 0.247. The molecule has 1 aliphatic rings. The maximum absolute atomic E-state index is 8.99. The first-order valence-corrected chi connectivity index (χ1v) is 9.18. The Bertz CT molecular complexity index is 983.